The summed E-state index contributed by atoms with van der Waals surface area (Å²) in [5.74, 6) is 0. The minimum absolute atomic E-state index is 0.0220. The van der Waals surface area contributed by atoms with Gasteiger partial charge in [0.1, 0.15) is 0 Å². The van der Waals surface area contributed by atoms with Crippen molar-refractivity contribution in [1.82, 2.24) is 9.78 Å². The maximum absolute atomic E-state index is 11.2. The van der Waals surface area contributed by atoms with Gasteiger partial charge in [-0.2, -0.15) is 5.10 Å². The molecule has 2 N–H and O–H groups in total. The molecule has 0 spiro atoms. The highest BCUT2D eigenvalue weighted by Gasteiger charge is 2.17. The van der Waals surface area contributed by atoms with Crippen LogP contribution in [0.2, 0.25) is 0 Å². The Labute approximate surface area is 113 Å². The first-order chi connectivity index (χ1) is 8.68. The molecule has 0 unspecified atom stereocenters. The molecule has 6 heteroatoms. The van der Waals surface area contributed by atoms with E-state index in [1.165, 1.54) is 12.1 Å². The fraction of sp³-hybridized carbons (Fsp3) is 0.308. The van der Waals surface area contributed by atoms with Gasteiger partial charge >= 0.3 is 0 Å². The number of nitrogens with zero attached hydrogens (tertiary/aromatic N) is 2. The SMILES string of the molecule is CC(C)(C)c1ccn(-c2ccc(S(N)(=O)=O)cc2)n1. The van der Waals surface area contributed by atoms with Crippen LogP contribution in [0.25, 0.3) is 5.69 Å². The second-order valence-electron chi connectivity index (χ2n) is 5.43. The standard InChI is InChI=1S/C13H17N3O2S/c1-13(2,3)12-8-9-16(15-12)10-4-6-11(7-5-10)19(14,17)18/h4-9H,1-3H3,(H2,14,17,18). The molecule has 1 aromatic carbocycles. The molecule has 0 saturated carbocycles. The number of primary sulfonamides is 1. The van der Waals surface area contributed by atoms with Gasteiger partial charge in [-0.05, 0) is 30.3 Å². The molecule has 0 amide bonds. The molecule has 0 bridgehead atoms. The van der Waals surface area contributed by atoms with Gasteiger partial charge < -0.3 is 0 Å². The van der Waals surface area contributed by atoms with E-state index in [-0.39, 0.29) is 10.3 Å². The molecule has 0 aliphatic rings. The zero-order valence-corrected chi connectivity index (χ0v) is 12.0. The van der Waals surface area contributed by atoms with Crippen molar-refractivity contribution in [3.8, 4) is 5.69 Å². The van der Waals surface area contributed by atoms with Crippen molar-refractivity contribution < 1.29 is 8.42 Å². The molecule has 0 aliphatic carbocycles. The lowest BCUT2D eigenvalue weighted by atomic mass is 9.93. The Bertz CT molecular complexity index is 679. The van der Waals surface area contributed by atoms with Crippen LogP contribution in [0.3, 0.4) is 0 Å². The Morgan fingerprint density at radius 2 is 1.68 bits per heavy atom. The van der Waals surface area contributed by atoms with Gasteiger partial charge in [-0.3, -0.25) is 0 Å². The number of sulfonamides is 1. The fourth-order valence-corrected chi connectivity index (χ4v) is 2.17. The van der Waals surface area contributed by atoms with Crippen LogP contribution in [0.4, 0.5) is 0 Å². The maximum atomic E-state index is 11.2. The smallest absolute Gasteiger partial charge is 0.238 e. The van der Waals surface area contributed by atoms with Gasteiger partial charge in [-0.25, -0.2) is 18.2 Å². The number of hydrogen-bond donors (Lipinski definition) is 1. The Balaban J connectivity index is 2.36. The third kappa shape index (κ3) is 3.02. The third-order valence-corrected chi connectivity index (χ3v) is 3.72. The average Bonchev–Trinajstić information content (AvgIpc) is 2.77. The number of aromatic nitrogens is 2. The van der Waals surface area contributed by atoms with Gasteiger partial charge in [-0.1, -0.05) is 20.8 Å². The first-order valence-electron chi connectivity index (χ1n) is 5.87. The normalized spacial score (nSPS) is 12.6. The molecule has 0 atom stereocenters. The summed E-state index contributed by atoms with van der Waals surface area (Å²) >= 11 is 0. The largest absolute Gasteiger partial charge is 0.241 e. The van der Waals surface area contributed by atoms with E-state index in [2.05, 4.69) is 25.9 Å². The molecule has 19 heavy (non-hydrogen) atoms. The molecule has 0 fully saturated rings. The monoisotopic (exact) mass is 279 g/mol. The number of rotatable bonds is 2. The molecule has 0 aliphatic heterocycles. The van der Waals surface area contributed by atoms with E-state index < -0.39 is 10.0 Å². The van der Waals surface area contributed by atoms with E-state index in [4.69, 9.17) is 5.14 Å². The van der Waals surface area contributed by atoms with Crippen LogP contribution in [0.15, 0.2) is 41.4 Å². The van der Waals surface area contributed by atoms with E-state index in [1.807, 2.05) is 12.3 Å². The zero-order valence-electron chi connectivity index (χ0n) is 11.2. The fourth-order valence-electron chi connectivity index (χ4n) is 1.66. The van der Waals surface area contributed by atoms with Crippen LogP contribution in [-0.2, 0) is 15.4 Å². The van der Waals surface area contributed by atoms with Gasteiger partial charge in [-0.15, -0.1) is 0 Å². The summed E-state index contributed by atoms with van der Waals surface area (Å²) in [6.45, 7) is 6.26. The molecule has 0 radical (unpaired) electrons. The first kappa shape index (κ1) is 13.8. The van der Waals surface area contributed by atoms with Gasteiger partial charge in [0.05, 0.1) is 16.3 Å². The van der Waals surface area contributed by atoms with Crippen molar-refractivity contribution in [1.29, 1.82) is 0 Å². The molecular formula is C13H17N3O2S. The summed E-state index contributed by atoms with van der Waals surface area (Å²) in [6.07, 6.45) is 1.85. The van der Waals surface area contributed by atoms with Crippen molar-refractivity contribution in [3.63, 3.8) is 0 Å². The van der Waals surface area contributed by atoms with E-state index >= 15 is 0 Å². The Morgan fingerprint density at radius 3 is 2.11 bits per heavy atom. The van der Waals surface area contributed by atoms with Crippen molar-refractivity contribution in [2.24, 2.45) is 5.14 Å². The Kier molecular flexibility index (Phi) is 3.24. The van der Waals surface area contributed by atoms with Crippen LogP contribution in [-0.4, -0.2) is 18.2 Å². The first-order valence-corrected chi connectivity index (χ1v) is 7.42. The highest BCUT2D eigenvalue weighted by molar-refractivity contribution is 7.89. The minimum Gasteiger partial charge on any atom is -0.241 e. The van der Waals surface area contributed by atoms with E-state index in [0.29, 0.717) is 0 Å². The van der Waals surface area contributed by atoms with Crippen LogP contribution in [0.5, 0.6) is 0 Å². The molecule has 2 aromatic rings. The highest BCUT2D eigenvalue weighted by Crippen LogP contribution is 2.21. The Morgan fingerprint density at radius 1 is 1.11 bits per heavy atom. The Hall–Kier alpha value is -1.66. The van der Waals surface area contributed by atoms with E-state index in [1.54, 1.807) is 16.8 Å². The number of nitrogens with two attached hydrogens (primary N) is 1. The molecule has 2 rings (SSSR count). The van der Waals surface area contributed by atoms with E-state index in [9.17, 15) is 8.42 Å². The van der Waals surface area contributed by atoms with Crippen LogP contribution >= 0.6 is 0 Å². The van der Waals surface area contributed by atoms with Crippen LogP contribution < -0.4 is 5.14 Å². The molecule has 5 nitrogen and oxygen atoms in total. The van der Waals surface area contributed by atoms with Crippen molar-refractivity contribution in [3.05, 3.63) is 42.2 Å². The molecule has 0 saturated heterocycles. The predicted octanol–water partition coefficient (Wildman–Crippen LogP) is 1.82. The predicted molar refractivity (Wildman–Crippen MR) is 73.6 cm³/mol. The van der Waals surface area contributed by atoms with Crippen molar-refractivity contribution >= 4 is 10.0 Å². The van der Waals surface area contributed by atoms with Gasteiger partial charge in [0.25, 0.3) is 0 Å². The van der Waals surface area contributed by atoms with Crippen molar-refractivity contribution in [2.75, 3.05) is 0 Å². The average molecular weight is 279 g/mol. The van der Waals surface area contributed by atoms with Crippen LogP contribution in [0, 0.1) is 0 Å². The summed E-state index contributed by atoms with van der Waals surface area (Å²) in [6, 6.07) is 8.26. The molecule has 102 valence electrons. The molecule has 1 aromatic heterocycles. The summed E-state index contributed by atoms with van der Waals surface area (Å²) in [5, 5.41) is 9.54. The summed E-state index contributed by atoms with van der Waals surface area (Å²) < 4.78 is 24.1. The van der Waals surface area contributed by atoms with Crippen LogP contribution in [0.1, 0.15) is 26.5 Å². The second-order valence-corrected chi connectivity index (χ2v) is 7.00. The van der Waals surface area contributed by atoms with E-state index in [0.717, 1.165) is 11.4 Å². The second kappa shape index (κ2) is 4.47. The number of benzene rings is 1. The van der Waals surface area contributed by atoms with Gasteiger partial charge in [0, 0.05) is 11.6 Å². The van der Waals surface area contributed by atoms with Gasteiger partial charge in [0.15, 0.2) is 0 Å². The van der Waals surface area contributed by atoms with Gasteiger partial charge in [0.2, 0.25) is 10.0 Å². The highest BCUT2D eigenvalue weighted by atomic mass is 32.2. The lowest BCUT2D eigenvalue weighted by Gasteiger charge is -2.14. The lowest BCUT2D eigenvalue weighted by molar-refractivity contribution is 0.560. The topological polar surface area (TPSA) is 78.0 Å². The lowest BCUT2D eigenvalue weighted by Crippen LogP contribution is -2.13. The summed E-state index contributed by atoms with van der Waals surface area (Å²) in [4.78, 5) is 0.0967. The summed E-state index contributed by atoms with van der Waals surface area (Å²) in [7, 11) is -3.65. The maximum Gasteiger partial charge on any atom is 0.238 e. The summed E-state index contributed by atoms with van der Waals surface area (Å²) in [5.41, 5.74) is 1.75. The third-order valence-electron chi connectivity index (χ3n) is 2.79. The quantitative estimate of drug-likeness (QED) is 0.910. The minimum atomic E-state index is -3.65. The molecule has 1 heterocycles. The molecular weight excluding hydrogens is 262 g/mol. The zero-order chi connectivity index (χ0) is 14.3. The van der Waals surface area contributed by atoms with Crippen molar-refractivity contribution in [2.45, 2.75) is 31.1 Å². The number of hydrogen-bond acceptors (Lipinski definition) is 3.